The molecular formula is C56H106O6. The fourth-order valence-corrected chi connectivity index (χ4v) is 8.32. The molecule has 1 atom stereocenters. The smallest absolute Gasteiger partial charge is 0.306 e. The number of carbonyl (C=O) groups is 3. The standard InChI is InChI=1S/C56H106O6/c1-4-7-10-13-16-19-22-24-26-27-28-30-31-34-37-40-43-46-49-55(58)61-52-53(51-60-54(57)48-45-42-39-36-33-21-18-15-12-9-6-3)62-56(59)50-47-44-41-38-35-32-29-25-23-20-17-14-11-8-5-2/h25,29,53H,4-24,26-28,30-52H2,1-3H3/b29-25-/t53-/m1/s1. The van der Waals surface area contributed by atoms with Crippen molar-refractivity contribution >= 4 is 17.9 Å². The van der Waals surface area contributed by atoms with Gasteiger partial charge in [-0.15, -0.1) is 0 Å². The number of carbonyl (C=O) groups excluding carboxylic acids is 3. The minimum absolute atomic E-state index is 0.0677. The highest BCUT2D eigenvalue weighted by atomic mass is 16.6. The third-order valence-corrected chi connectivity index (χ3v) is 12.5. The van der Waals surface area contributed by atoms with E-state index in [4.69, 9.17) is 14.2 Å². The van der Waals surface area contributed by atoms with Crippen LogP contribution < -0.4 is 0 Å². The van der Waals surface area contributed by atoms with Gasteiger partial charge in [0, 0.05) is 19.3 Å². The summed E-state index contributed by atoms with van der Waals surface area (Å²) >= 11 is 0. The first-order valence-corrected chi connectivity index (χ1v) is 27.7. The number of unbranched alkanes of at least 4 members (excludes halogenated alkanes) is 38. The van der Waals surface area contributed by atoms with Crippen molar-refractivity contribution in [3.63, 3.8) is 0 Å². The van der Waals surface area contributed by atoms with E-state index in [-0.39, 0.29) is 31.1 Å². The molecule has 0 bridgehead atoms. The first-order chi connectivity index (χ1) is 30.5. The maximum atomic E-state index is 12.8. The van der Waals surface area contributed by atoms with Gasteiger partial charge in [0.2, 0.25) is 0 Å². The Morgan fingerprint density at radius 1 is 0.306 bits per heavy atom. The van der Waals surface area contributed by atoms with Gasteiger partial charge < -0.3 is 14.2 Å². The molecule has 0 aliphatic rings. The summed E-state index contributed by atoms with van der Waals surface area (Å²) in [6.45, 7) is 6.67. The Morgan fingerprint density at radius 3 is 0.806 bits per heavy atom. The molecule has 0 N–H and O–H groups in total. The summed E-state index contributed by atoms with van der Waals surface area (Å²) in [5.41, 5.74) is 0. The highest BCUT2D eigenvalue weighted by molar-refractivity contribution is 5.71. The molecule has 6 nitrogen and oxygen atoms in total. The van der Waals surface area contributed by atoms with Crippen molar-refractivity contribution in [2.24, 2.45) is 0 Å². The normalized spacial score (nSPS) is 12.0. The lowest BCUT2D eigenvalue weighted by molar-refractivity contribution is -0.167. The molecule has 0 heterocycles. The average molecular weight is 875 g/mol. The topological polar surface area (TPSA) is 78.9 Å². The number of hydrogen-bond donors (Lipinski definition) is 0. The van der Waals surface area contributed by atoms with Gasteiger partial charge in [-0.1, -0.05) is 258 Å². The minimum Gasteiger partial charge on any atom is -0.462 e. The van der Waals surface area contributed by atoms with Gasteiger partial charge in [-0.2, -0.15) is 0 Å². The Bertz CT molecular complexity index is 962. The molecule has 0 aromatic carbocycles. The summed E-state index contributed by atoms with van der Waals surface area (Å²) in [5.74, 6) is -0.856. The number of esters is 3. The quantitative estimate of drug-likeness (QED) is 0.0262. The molecule has 0 aliphatic carbocycles. The first kappa shape index (κ1) is 60.2. The van der Waals surface area contributed by atoms with Gasteiger partial charge in [0.25, 0.3) is 0 Å². The van der Waals surface area contributed by atoms with Crippen LogP contribution in [0.4, 0.5) is 0 Å². The fraction of sp³-hybridized carbons (Fsp3) is 0.911. The van der Waals surface area contributed by atoms with Gasteiger partial charge in [0.1, 0.15) is 13.2 Å². The average Bonchev–Trinajstić information content (AvgIpc) is 3.27. The van der Waals surface area contributed by atoms with E-state index in [0.717, 1.165) is 64.2 Å². The van der Waals surface area contributed by atoms with Crippen molar-refractivity contribution in [3.05, 3.63) is 12.2 Å². The molecule has 0 spiro atoms. The molecule has 0 rings (SSSR count). The summed E-state index contributed by atoms with van der Waals surface area (Å²) in [6.07, 6.45) is 57.7. The largest absolute Gasteiger partial charge is 0.462 e. The van der Waals surface area contributed by atoms with Gasteiger partial charge in [-0.05, 0) is 44.9 Å². The molecule has 6 heteroatoms. The van der Waals surface area contributed by atoms with Crippen molar-refractivity contribution in [1.82, 2.24) is 0 Å². The van der Waals surface area contributed by atoms with E-state index in [1.165, 1.54) is 205 Å². The second-order valence-corrected chi connectivity index (χ2v) is 18.9. The molecule has 0 unspecified atom stereocenters. The van der Waals surface area contributed by atoms with Crippen LogP contribution in [-0.2, 0) is 28.6 Å². The number of hydrogen-bond acceptors (Lipinski definition) is 6. The lowest BCUT2D eigenvalue weighted by Crippen LogP contribution is -2.30. The summed E-state index contributed by atoms with van der Waals surface area (Å²) in [5, 5.41) is 0. The SMILES string of the molecule is CCCCCCCC/C=C\CCCCCCCC(=O)O[C@H](COC(=O)CCCCCCCCCCCCC)COC(=O)CCCCCCCCCCCCCCCCCCCC. The third-order valence-electron chi connectivity index (χ3n) is 12.5. The predicted octanol–water partition coefficient (Wildman–Crippen LogP) is 18.2. The lowest BCUT2D eigenvalue weighted by Gasteiger charge is -2.18. The van der Waals surface area contributed by atoms with Crippen LogP contribution >= 0.6 is 0 Å². The Morgan fingerprint density at radius 2 is 0.532 bits per heavy atom. The highest BCUT2D eigenvalue weighted by Crippen LogP contribution is 2.17. The molecule has 0 radical (unpaired) electrons. The van der Waals surface area contributed by atoms with Crippen molar-refractivity contribution in [1.29, 1.82) is 0 Å². The van der Waals surface area contributed by atoms with Gasteiger partial charge in [0.05, 0.1) is 0 Å². The Kier molecular flexibility index (Phi) is 50.2. The first-order valence-electron chi connectivity index (χ1n) is 27.7. The molecule has 0 saturated heterocycles. The van der Waals surface area contributed by atoms with Crippen molar-refractivity contribution < 1.29 is 28.6 Å². The maximum Gasteiger partial charge on any atom is 0.306 e. The van der Waals surface area contributed by atoms with Crippen LogP contribution in [0.15, 0.2) is 12.2 Å². The Balaban J connectivity index is 4.29. The molecule has 62 heavy (non-hydrogen) atoms. The second-order valence-electron chi connectivity index (χ2n) is 18.9. The summed E-state index contributed by atoms with van der Waals surface area (Å²) in [7, 11) is 0. The van der Waals surface area contributed by atoms with Crippen LogP contribution in [0.3, 0.4) is 0 Å². The highest BCUT2D eigenvalue weighted by Gasteiger charge is 2.19. The van der Waals surface area contributed by atoms with Crippen molar-refractivity contribution in [3.8, 4) is 0 Å². The van der Waals surface area contributed by atoms with Crippen LogP contribution in [0.1, 0.15) is 310 Å². The van der Waals surface area contributed by atoms with Crippen LogP contribution in [0.2, 0.25) is 0 Å². The van der Waals surface area contributed by atoms with Crippen LogP contribution in [0, 0.1) is 0 Å². The molecule has 0 aromatic rings. The molecule has 0 saturated carbocycles. The number of ether oxygens (including phenoxy) is 3. The van der Waals surface area contributed by atoms with Gasteiger partial charge in [0.15, 0.2) is 6.10 Å². The van der Waals surface area contributed by atoms with E-state index in [0.29, 0.717) is 19.3 Å². The summed E-state index contributed by atoms with van der Waals surface area (Å²) in [6, 6.07) is 0. The Labute approximate surface area is 386 Å². The van der Waals surface area contributed by atoms with E-state index in [2.05, 4.69) is 32.9 Å². The predicted molar refractivity (Wildman–Crippen MR) is 266 cm³/mol. The van der Waals surface area contributed by atoms with Gasteiger partial charge in [-0.3, -0.25) is 14.4 Å². The van der Waals surface area contributed by atoms with Crippen LogP contribution in [0.25, 0.3) is 0 Å². The Hall–Kier alpha value is -1.85. The zero-order valence-electron chi connectivity index (χ0n) is 41.9. The lowest BCUT2D eigenvalue weighted by atomic mass is 10.0. The van der Waals surface area contributed by atoms with E-state index >= 15 is 0 Å². The van der Waals surface area contributed by atoms with E-state index in [1.807, 2.05) is 0 Å². The summed E-state index contributed by atoms with van der Waals surface area (Å²) in [4.78, 5) is 38.0. The monoisotopic (exact) mass is 875 g/mol. The molecule has 0 amide bonds. The van der Waals surface area contributed by atoms with Crippen molar-refractivity contribution in [2.45, 2.75) is 316 Å². The van der Waals surface area contributed by atoms with E-state index in [9.17, 15) is 14.4 Å². The van der Waals surface area contributed by atoms with E-state index < -0.39 is 6.10 Å². The number of allylic oxidation sites excluding steroid dienone is 2. The fourth-order valence-electron chi connectivity index (χ4n) is 8.32. The third kappa shape index (κ3) is 49.2. The summed E-state index contributed by atoms with van der Waals surface area (Å²) < 4.78 is 16.8. The zero-order valence-corrected chi connectivity index (χ0v) is 41.9. The second kappa shape index (κ2) is 51.8. The van der Waals surface area contributed by atoms with E-state index in [1.54, 1.807) is 0 Å². The molecule has 0 aromatic heterocycles. The number of rotatable bonds is 51. The van der Waals surface area contributed by atoms with Crippen LogP contribution in [-0.4, -0.2) is 37.2 Å². The van der Waals surface area contributed by atoms with Crippen LogP contribution in [0.5, 0.6) is 0 Å². The molecule has 366 valence electrons. The molecule has 0 aliphatic heterocycles. The zero-order chi connectivity index (χ0) is 45.1. The van der Waals surface area contributed by atoms with Crippen molar-refractivity contribution in [2.75, 3.05) is 13.2 Å². The minimum atomic E-state index is -0.767. The van der Waals surface area contributed by atoms with Gasteiger partial charge >= 0.3 is 17.9 Å². The molecular weight excluding hydrogens is 769 g/mol. The maximum absolute atomic E-state index is 12.8. The molecule has 0 fully saturated rings. The van der Waals surface area contributed by atoms with Gasteiger partial charge in [-0.25, -0.2) is 0 Å².